The van der Waals surface area contributed by atoms with Gasteiger partial charge < -0.3 is 5.11 Å². The van der Waals surface area contributed by atoms with E-state index in [0.29, 0.717) is 5.78 Å². The lowest BCUT2D eigenvalue weighted by atomic mass is 9.92. The summed E-state index contributed by atoms with van der Waals surface area (Å²) in [7, 11) is 0. The molecule has 0 aliphatic carbocycles. The van der Waals surface area contributed by atoms with Crippen LogP contribution in [-0.4, -0.2) is 24.7 Å². The highest BCUT2D eigenvalue weighted by atomic mass is 16.3. The van der Waals surface area contributed by atoms with Gasteiger partial charge in [-0.1, -0.05) is 20.8 Å². The van der Waals surface area contributed by atoms with Gasteiger partial charge in [0.2, 0.25) is 5.88 Å². The molecule has 0 saturated carbocycles. The summed E-state index contributed by atoms with van der Waals surface area (Å²) in [6.07, 6.45) is 1.37. The van der Waals surface area contributed by atoms with Gasteiger partial charge in [0.25, 0.3) is 5.78 Å². The zero-order valence-corrected chi connectivity index (χ0v) is 8.39. The minimum absolute atomic E-state index is 0.0671. The monoisotopic (exact) mass is 192 g/mol. The van der Waals surface area contributed by atoms with Crippen LogP contribution in [0.25, 0.3) is 5.78 Å². The van der Waals surface area contributed by atoms with Crippen molar-refractivity contribution in [2.24, 2.45) is 0 Å². The van der Waals surface area contributed by atoms with Gasteiger partial charge >= 0.3 is 0 Å². The summed E-state index contributed by atoms with van der Waals surface area (Å²) in [5.41, 5.74) is 0.695. The van der Waals surface area contributed by atoms with Crippen molar-refractivity contribution in [1.82, 2.24) is 19.6 Å². The Balaban J connectivity index is 2.70. The maximum atomic E-state index is 9.62. The molecule has 0 fully saturated rings. The first-order chi connectivity index (χ1) is 6.48. The molecule has 0 saturated heterocycles. The Morgan fingerprint density at radius 2 is 2.07 bits per heavy atom. The van der Waals surface area contributed by atoms with Crippen LogP contribution >= 0.6 is 0 Å². The number of nitrogens with zero attached hydrogens (tertiary/aromatic N) is 4. The summed E-state index contributed by atoms with van der Waals surface area (Å²) >= 11 is 0. The van der Waals surface area contributed by atoms with Crippen molar-refractivity contribution >= 4 is 5.78 Å². The lowest BCUT2D eigenvalue weighted by Crippen LogP contribution is -2.14. The van der Waals surface area contributed by atoms with Gasteiger partial charge in [0.05, 0.1) is 5.69 Å². The van der Waals surface area contributed by atoms with Crippen molar-refractivity contribution in [3.05, 3.63) is 18.1 Å². The van der Waals surface area contributed by atoms with Gasteiger partial charge in [-0.2, -0.15) is 14.6 Å². The van der Waals surface area contributed by atoms with E-state index in [1.54, 1.807) is 6.07 Å². The molecule has 2 aromatic rings. The van der Waals surface area contributed by atoms with Crippen molar-refractivity contribution in [2.45, 2.75) is 26.2 Å². The maximum Gasteiger partial charge on any atom is 0.255 e. The Morgan fingerprint density at radius 1 is 1.36 bits per heavy atom. The molecular weight excluding hydrogens is 180 g/mol. The SMILES string of the molecule is CC(C)(C)c1cc(O)n2ncnc2n1. The molecule has 14 heavy (non-hydrogen) atoms. The number of hydrogen-bond donors (Lipinski definition) is 1. The average molecular weight is 192 g/mol. The molecule has 0 spiro atoms. The number of rotatable bonds is 0. The summed E-state index contributed by atoms with van der Waals surface area (Å²) in [5.74, 6) is 0.493. The molecule has 5 heteroatoms. The lowest BCUT2D eigenvalue weighted by Gasteiger charge is -2.17. The van der Waals surface area contributed by atoms with Crippen LogP contribution in [0.1, 0.15) is 26.5 Å². The first kappa shape index (κ1) is 8.93. The van der Waals surface area contributed by atoms with Gasteiger partial charge in [-0.25, -0.2) is 4.98 Å². The Kier molecular flexibility index (Phi) is 1.70. The standard InChI is InChI=1S/C9H12N4O/c1-9(2,3)6-4-7(14)13-8(12-6)10-5-11-13/h4-5,14H,1-3H3. The van der Waals surface area contributed by atoms with Crippen LogP contribution in [-0.2, 0) is 5.41 Å². The van der Waals surface area contributed by atoms with Crippen LogP contribution in [0.4, 0.5) is 0 Å². The highest BCUT2D eigenvalue weighted by Gasteiger charge is 2.18. The number of aromatic hydroxyl groups is 1. The third-order valence-electron chi connectivity index (χ3n) is 2.00. The highest BCUT2D eigenvalue weighted by Crippen LogP contribution is 2.23. The third-order valence-corrected chi connectivity index (χ3v) is 2.00. The van der Waals surface area contributed by atoms with E-state index in [1.165, 1.54) is 10.8 Å². The summed E-state index contributed by atoms with van der Waals surface area (Å²) in [4.78, 5) is 8.23. The van der Waals surface area contributed by atoms with E-state index in [-0.39, 0.29) is 11.3 Å². The molecule has 5 nitrogen and oxygen atoms in total. The van der Waals surface area contributed by atoms with E-state index >= 15 is 0 Å². The minimum atomic E-state index is -0.106. The minimum Gasteiger partial charge on any atom is -0.493 e. The number of hydrogen-bond acceptors (Lipinski definition) is 4. The molecule has 0 unspecified atom stereocenters. The fourth-order valence-electron chi connectivity index (χ4n) is 1.18. The Bertz CT molecular complexity index is 469. The van der Waals surface area contributed by atoms with Gasteiger partial charge in [-0.15, -0.1) is 0 Å². The van der Waals surface area contributed by atoms with Crippen LogP contribution in [0, 0.1) is 0 Å². The van der Waals surface area contributed by atoms with Crippen molar-refractivity contribution in [2.75, 3.05) is 0 Å². The van der Waals surface area contributed by atoms with Gasteiger partial charge in [-0.3, -0.25) is 0 Å². The molecule has 0 aromatic carbocycles. The topological polar surface area (TPSA) is 63.3 Å². The lowest BCUT2D eigenvalue weighted by molar-refractivity contribution is 0.429. The fourth-order valence-corrected chi connectivity index (χ4v) is 1.18. The predicted molar refractivity (Wildman–Crippen MR) is 51.1 cm³/mol. The number of fused-ring (bicyclic) bond motifs is 1. The summed E-state index contributed by atoms with van der Waals surface area (Å²) in [6, 6.07) is 1.61. The quantitative estimate of drug-likeness (QED) is 0.679. The molecule has 74 valence electrons. The van der Waals surface area contributed by atoms with E-state index in [2.05, 4.69) is 15.1 Å². The molecule has 2 heterocycles. The molecule has 0 aliphatic heterocycles. The van der Waals surface area contributed by atoms with Gasteiger partial charge in [0.1, 0.15) is 6.33 Å². The van der Waals surface area contributed by atoms with E-state index in [1.807, 2.05) is 20.8 Å². The zero-order chi connectivity index (χ0) is 10.3. The molecule has 0 aliphatic rings. The third kappa shape index (κ3) is 1.30. The normalized spacial score (nSPS) is 12.2. The van der Waals surface area contributed by atoms with E-state index in [0.717, 1.165) is 5.69 Å². The molecule has 0 radical (unpaired) electrons. The number of aromatic nitrogens is 4. The molecule has 2 aromatic heterocycles. The van der Waals surface area contributed by atoms with Gasteiger partial charge in [-0.05, 0) is 0 Å². The van der Waals surface area contributed by atoms with E-state index in [4.69, 9.17) is 0 Å². The van der Waals surface area contributed by atoms with Gasteiger partial charge in [0, 0.05) is 11.5 Å². The molecule has 2 rings (SSSR count). The first-order valence-electron chi connectivity index (χ1n) is 4.39. The van der Waals surface area contributed by atoms with Crippen molar-refractivity contribution in [3.63, 3.8) is 0 Å². The average Bonchev–Trinajstić information content (AvgIpc) is 2.50. The van der Waals surface area contributed by atoms with Crippen molar-refractivity contribution in [3.8, 4) is 5.88 Å². The van der Waals surface area contributed by atoms with Crippen LogP contribution in [0.3, 0.4) is 0 Å². The van der Waals surface area contributed by atoms with E-state index < -0.39 is 0 Å². The molecule has 0 bridgehead atoms. The summed E-state index contributed by atoms with van der Waals surface area (Å²) in [5, 5.41) is 13.5. The second-order valence-electron chi connectivity index (χ2n) is 4.22. The van der Waals surface area contributed by atoms with Crippen LogP contribution in [0.2, 0.25) is 0 Å². The van der Waals surface area contributed by atoms with Crippen molar-refractivity contribution < 1.29 is 5.11 Å². The Morgan fingerprint density at radius 3 is 2.71 bits per heavy atom. The Labute approximate surface area is 81.4 Å². The van der Waals surface area contributed by atoms with Gasteiger partial charge in [0.15, 0.2) is 0 Å². The molecule has 0 atom stereocenters. The first-order valence-corrected chi connectivity index (χ1v) is 4.39. The Hall–Kier alpha value is -1.65. The second kappa shape index (κ2) is 2.67. The second-order valence-corrected chi connectivity index (χ2v) is 4.22. The van der Waals surface area contributed by atoms with Crippen LogP contribution in [0.15, 0.2) is 12.4 Å². The smallest absolute Gasteiger partial charge is 0.255 e. The zero-order valence-electron chi connectivity index (χ0n) is 8.39. The largest absolute Gasteiger partial charge is 0.493 e. The maximum absolute atomic E-state index is 9.62. The molecule has 0 amide bonds. The molecular formula is C9H12N4O. The van der Waals surface area contributed by atoms with Crippen LogP contribution in [0.5, 0.6) is 5.88 Å². The summed E-state index contributed by atoms with van der Waals surface area (Å²) in [6.45, 7) is 6.09. The molecule has 1 N–H and O–H groups in total. The summed E-state index contributed by atoms with van der Waals surface area (Å²) < 4.78 is 1.30. The van der Waals surface area contributed by atoms with E-state index in [9.17, 15) is 5.11 Å². The van der Waals surface area contributed by atoms with Crippen molar-refractivity contribution in [1.29, 1.82) is 0 Å². The van der Waals surface area contributed by atoms with Crippen LogP contribution < -0.4 is 0 Å². The predicted octanol–water partition coefficient (Wildman–Crippen LogP) is 1.13. The fraction of sp³-hybridized carbons (Fsp3) is 0.444. The highest BCUT2D eigenvalue weighted by molar-refractivity contribution is 5.34.